The van der Waals surface area contributed by atoms with Gasteiger partial charge in [-0.15, -0.1) is 10.2 Å². The average Bonchev–Trinajstić information content (AvgIpc) is 3.09. The Morgan fingerprint density at radius 3 is 2.46 bits per heavy atom. The lowest BCUT2D eigenvalue weighted by Gasteiger charge is -2.07. The zero-order valence-corrected chi connectivity index (χ0v) is 14.0. The maximum Gasteiger partial charge on any atom is 0.247 e. The van der Waals surface area contributed by atoms with Crippen LogP contribution in [0, 0.1) is 0 Å². The van der Waals surface area contributed by atoms with Crippen LogP contribution in [-0.4, -0.2) is 24.4 Å². The summed E-state index contributed by atoms with van der Waals surface area (Å²) in [6.45, 7) is 0.419. The first-order chi connectivity index (χ1) is 11.7. The summed E-state index contributed by atoms with van der Waals surface area (Å²) in [7, 11) is 3.17. The molecule has 0 spiro atoms. The number of nitrogens with one attached hydrogen (secondary N) is 1. The van der Waals surface area contributed by atoms with Gasteiger partial charge in [0.05, 0.1) is 20.8 Å². The first kappa shape index (κ1) is 16.1. The average molecular weight is 346 g/mol. The van der Waals surface area contributed by atoms with Crippen molar-refractivity contribution in [2.75, 3.05) is 19.5 Å². The standard InChI is InChI=1S/C17H16ClN3O3/c1-22-14-8-3-11(9-15(14)23-2)17-21-20-16(24-17)10-19-13-6-4-12(18)5-7-13/h3-9,19H,10H2,1-2H3. The molecule has 0 atom stereocenters. The normalized spacial score (nSPS) is 10.5. The first-order valence-electron chi connectivity index (χ1n) is 7.24. The van der Waals surface area contributed by atoms with Crippen LogP contribution >= 0.6 is 11.6 Å². The van der Waals surface area contributed by atoms with Gasteiger partial charge in [-0.1, -0.05) is 11.6 Å². The Labute approximate surface area is 144 Å². The fourth-order valence-electron chi connectivity index (χ4n) is 2.16. The molecule has 0 fully saturated rings. The van der Waals surface area contributed by atoms with Crippen molar-refractivity contribution in [3.63, 3.8) is 0 Å². The predicted molar refractivity (Wildman–Crippen MR) is 91.6 cm³/mol. The van der Waals surface area contributed by atoms with Crippen LogP contribution in [0.5, 0.6) is 11.5 Å². The lowest BCUT2D eigenvalue weighted by molar-refractivity contribution is 0.355. The van der Waals surface area contributed by atoms with Crippen molar-refractivity contribution in [1.82, 2.24) is 10.2 Å². The third-order valence-electron chi connectivity index (χ3n) is 3.39. The van der Waals surface area contributed by atoms with Crippen molar-refractivity contribution >= 4 is 17.3 Å². The number of aromatic nitrogens is 2. The van der Waals surface area contributed by atoms with Crippen molar-refractivity contribution in [1.29, 1.82) is 0 Å². The molecule has 0 saturated carbocycles. The lowest BCUT2D eigenvalue weighted by Crippen LogP contribution is -1.99. The van der Waals surface area contributed by atoms with Gasteiger partial charge in [0.25, 0.3) is 0 Å². The Balaban J connectivity index is 1.72. The molecule has 0 aliphatic heterocycles. The second kappa shape index (κ2) is 7.23. The van der Waals surface area contributed by atoms with E-state index in [1.807, 2.05) is 30.3 Å². The van der Waals surface area contributed by atoms with Gasteiger partial charge in [-0.25, -0.2) is 0 Å². The summed E-state index contributed by atoms with van der Waals surface area (Å²) in [5, 5.41) is 12.0. The lowest BCUT2D eigenvalue weighted by atomic mass is 10.2. The Bertz CT molecular complexity index is 818. The zero-order valence-electron chi connectivity index (χ0n) is 13.2. The Morgan fingerprint density at radius 2 is 1.75 bits per heavy atom. The highest BCUT2D eigenvalue weighted by molar-refractivity contribution is 6.30. The molecule has 24 heavy (non-hydrogen) atoms. The summed E-state index contributed by atoms with van der Waals surface area (Å²) >= 11 is 5.86. The van der Waals surface area contributed by atoms with E-state index in [-0.39, 0.29) is 0 Å². The van der Waals surface area contributed by atoms with Crippen molar-refractivity contribution in [3.8, 4) is 23.0 Å². The van der Waals surface area contributed by atoms with Gasteiger partial charge in [0.15, 0.2) is 11.5 Å². The number of nitrogens with zero attached hydrogens (tertiary/aromatic N) is 2. The summed E-state index contributed by atoms with van der Waals surface area (Å²) in [5.74, 6) is 2.15. The van der Waals surface area contributed by atoms with Gasteiger partial charge in [0, 0.05) is 16.3 Å². The van der Waals surface area contributed by atoms with E-state index in [4.69, 9.17) is 25.5 Å². The van der Waals surface area contributed by atoms with Crippen LogP contribution in [0.15, 0.2) is 46.9 Å². The minimum atomic E-state index is 0.419. The fourth-order valence-corrected chi connectivity index (χ4v) is 2.28. The number of halogens is 1. The van der Waals surface area contributed by atoms with Gasteiger partial charge in [-0.3, -0.25) is 0 Å². The molecule has 6 nitrogen and oxygen atoms in total. The predicted octanol–water partition coefficient (Wildman–Crippen LogP) is 4.02. The summed E-state index contributed by atoms with van der Waals surface area (Å²) in [6.07, 6.45) is 0. The highest BCUT2D eigenvalue weighted by Crippen LogP contribution is 2.31. The molecule has 0 aliphatic rings. The Kier molecular flexibility index (Phi) is 4.86. The molecule has 1 heterocycles. The molecule has 124 valence electrons. The second-order valence-electron chi connectivity index (χ2n) is 4.93. The number of ether oxygens (including phenoxy) is 2. The first-order valence-corrected chi connectivity index (χ1v) is 7.61. The van der Waals surface area contributed by atoms with E-state index >= 15 is 0 Å². The minimum absolute atomic E-state index is 0.419. The molecule has 0 unspecified atom stereocenters. The van der Waals surface area contributed by atoms with Crippen molar-refractivity contribution in [2.24, 2.45) is 0 Å². The number of benzene rings is 2. The van der Waals surface area contributed by atoms with E-state index in [1.54, 1.807) is 26.4 Å². The molecular formula is C17H16ClN3O3. The van der Waals surface area contributed by atoms with Crippen molar-refractivity contribution in [3.05, 3.63) is 53.4 Å². The Morgan fingerprint density at radius 1 is 1.00 bits per heavy atom. The maximum absolute atomic E-state index is 5.86. The molecule has 0 aliphatic carbocycles. The molecule has 0 radical (unpaired) electrons. The molecule has 2 aromatic carbocycles. The third kappa shape index (κ3) is 3.60. The number of anilines is 1. The van der Waals surface area contributed by atoms with Gasteiger partial charge < -0.3 is 19.2 Å². The highest BCUT2D eigenvalue weighted by atomic mass is 35.5. The molecule has 0 saturated heterocycles. The van der Waals surface area contributed by atoms with Gasteiger partial charge in [-0.05, 0) is 42.5 Å². The zero-order chi connectivity index (χ0) is 16.9. The Hall–Kier alpha value is -2.73. The topological polar surface area (TPSA) is 69.4 Å². The summed E-state index contributed by atoms with van der Waals surface area (Å²) in [6, 6.07) is 12.8. The molecule has 3 aromatic rings. The number of methoxy groups -OCH3 is 2. The largest absolute Gasteiger partial charge is 0.493 e. The smallest absolute Gasteiger partial charge is 0.247 e. The van der Waals surface area contributed by atoms with Crippen LogP contribution in [0.2, 0.25) is 5.02 Å². The van der Waals surface area contributed by atoms with E-state index in [2.05, 4.69) is 15.5 Å². The van der Waals surface area contributed by atoms with Crippen LogP contribution < -0.4 is 14.8 Å². The molecule has 7 heteroatoms. The quantitative estimate of drug-likeness (QED) is 0.727. The summed E-state index contributed by atoms with van der Waals surface area (Å²) in [5.41, 5.74) is 1.68. The van der Waals surface area contributed by atoms with Gasteiger partial charge >= 0.3 is 0 Å². The number of rotatable bonds is 6. The molecule has 3 rings (SSSR count). The second-order valence-corrected chi connectivity index (χ2v) is 5.37. The molecule has 1 N–H and O–H groups in total. The van der Waals surface area contributed by atoms with Gasteiger partial charge in [-0.2, -0.15) is 0 Å². The fraction of sp³-hybridized carbons (Fsp3) is 0.176. The van der Waals surface area contributed by atoms with Crippen LogP contribution in [0.25, 0.3) is 11.5 Å². The van der Waals surface area contributed by atoms with Crippen LogP contribution in [0.1, 0.15) is 5.89 Å². The molecule has 1 aromatic heterocycles. The van der Waals surface area contributed by atoms with Crippen molar-refractivity contribution < 1.29 is 13.9 Å². The molecule has 0 amide bonds. The monoisotopic (exact) mass is 345 g/mol. The van der Waals surface area contributed by atoms with Crippen LogP contribution in [-0.2, 0) is 6.54 Å². The number of hydrogen-bond donors (Lipinski definition) is 1. The van der Waals surface area contributed by atoms with Gasteiger partial charge in [0.2, 0.25) is 11.8 Å². The van der Waals surface area contributed by atoms with Crippen LogP contribution in [0.3, 0.4) is 0 Å². The van der Waals surface area contributed by atoms with Crippen molar-refractivity contribution in [2.45, 2.75) is 6.54 Å². The maximum atomic E-state index is 5.86. The van der Waals surface area contributed by atoms with E-state index in [0.717, 1.165) is 11.3 Å². The van der Waals surface area contributed by atoms with Crippen LogP contribution in [0.4, 0.5) is 5.69 Å². The van der Waals surface area contributed by atoms with E-state index in [1.165, 1.54) is 0 Å². The van der Waals surface area contributed by atoms with E-state index in [9.17, 15) is 0 Å². The van der Waals surface area contributed by atoms with E-state index < -0.39 is 0 Å². The third-order valence-corrected chi connectivity index (χ3v) is 3.64. The highest BCUT2D eigenvalue weighted by Gasteiger charge is 2.12. The van der Waals surface area contributed by atoms with E-state index in [0.29, 0.717) is 34.8 Å². The molecular weight excluding hydrogens is 330 g/mol. The minimum Gasteiger partial charge on any atom is -0.493 e. The number of hydrogen-bond acceptors (Lipinski definition) is 6. The summed E-state index contributed by atoms with van der Waals surface area (Å²) in [4.78, 5) is 0. The van der Waals surface area contributed by atoms with Gasteiger partial charge in [0.1, 0.15) is 0 Å². The molecule has 0 bridgehead atoms. The SMILES string of the molecule is COc1ccc(-c2nnc(CNc3ccc(Cl)cc3)o2)cc1OC. The summed E-state index contributed by atoms with van der Waals surface area (Å²) < 4.78 is 16.2.